The Kier molecular flexibility index (Phi) is 5.36. The second-order valence-corrected chi connectivity index (χ2v) is 5.68. The van der Waals surface area contributed by atoms with Gasteiger partial charge in [0.2, 0.25) is 5.91 Å². The minimum Gasteiger partial charge on any atom is -0.325 e. The van der Waals surface area contributed by atoms with Gasteiger partial charge in [0.05, 0.1) is 6.54 Å². The van der Waals surface area contributed by atoms with Gasteiger partial charge in [-0.1, -0.05) is 28.9 Å². The standard InChI is InChI=1S/C14H20BrN3O/c1-2-18(13-6-7-16-9-13)10-14(19)17-12-5-3-4-11(15)8-12/h3-5,8,13,16H,2,6-7,9-10H2,1H3,(H,17,19). The lowest BCUT2D eigenvalue weighted by atomic mass is 10.2. The van der Waals surface area contributed by atoms with Gasteiger partial charge < -0.3 is 10.6 Å². The average Bonchev–Trinajstić information content (AvgIpc) is 2.89. The number of carbonyl (C=O) groups excluding carboxylic acids is 1. The number of hydrogen-bond acceptors (Lipinski definition) is 3. The van der Waals surface area contributed by atoms with Crippen LogP contribution >= 0.6 is 15.9 Å². The van der Waals surface area contributed by atoms with Gasteiger partial charge in [0, 0.05) is 22.7 Å². The normalized spacial score (nSPS) is 18.8. The third kappa shape index (κ3) is 4.30. The molecule has 1 aromatic carbocycles. The van der Waals surface area contributed by atoms with E-state index in [4.69, 9.17) is 0 Å². The second-order valence-electron chi connectivity index (χ2n) is 4.77. The van der Waals surface area contributed by atoms with Gasteiger partial charge in [-0.15, -0.1) is 0 Å². The van der Waals surface area contributed by atoms with Crippen molar-refractivity contribution in [3.05, 3.63) is 28.7 Å². The number of nitrogens with zero attached hydrogens (tertiary/aromatic N) is 1. The molecular formula is C14H20BrN3O. The molecule has 104 valence electrons. The van der Waals surface area contributed by atoms with Crippen molar-refractivity contribution in [2.45, 2.75) is 19.4 Å². The topological polar surface area (TPSA) is 44.4 Å². The average molecular weight is 326 g/mol. The SMILES string of the molecule is CCN(CC(=O)Nc1cccc(Br)c1)C1CCNC1. The second kappa shape index (κ2) is 7.03. The molecule has 0 spiro atoms. The summed E-state index contributed by atoms with van der Waals surface area (Å²) in [7, 11) is 0. The molecule has 0 saturated carbocycles. The van der Waals surface area contributed by atoms with Crippen molar-refractivity contribution in [3.63, 3.8) is 0 Å². The van der Waals surface area contributed by atoms with E-state index in [9.17, 15) is 4.79 Å². The number of halogens is 1. The molecule has 1 amide bonds. The van der Waals surface area contributed by atoms with Gasteiger partial charge >= 0.3 is 0 Å². The van der Waals surface area contributed by atoms with Crippen LogP contribution in [0.3, 0.4) is 0 Å². The molecule has 0 aromatic heterocycles. The zero-order valence-corrected chi connectivity index (χ0v) is 12.7. The van der Waals surface area contributed by atoms with E-state index in [1.165, 1.54) is 0 Å². The van der Waals surface area contributed by atoms with E-state index in [-0.39, 0.29) is 5.91 Å². The Hall–Kier alpha value is -0.910. The van der Waals surface area contributed by atoms with Crippen molar-refractivity contribution in [1.82, 2.24) is 10.2 Å². The lowest BCUT2D eigenvalue weighted by molar-refractivity contribution is -0.117. The number of benzene rings is 1. The maximum absolute atomic E-state index is 12.1. The van der Waals surface area contributed by atoms with Crippen LogP contribution in [-0.2, 0) is 4.79 Å². The molecule has 2 rings (SSSR count). The van der Waals surface area contributed by atoms with Gasteiger partial charge in [-0.2, -0.15) is 0 Å². The van der Waals surface area contributed by atoms with E-state index in [1.807, 2.05) is 24.3 Å². The van der Waals surface area contributed by atoms with Crippen molar-refractivity contribution in [3.8, 4) is 0 Å². The predicted molar refractivity (Wildman–Crippen MR) is 81.3 cm³/mol. The van der Waals surface area contributed by atoms with E-state index in [2.05, 4.69) is 38.4 Å². The van der Waals surface area contributed by atoms with Crippen LogP contribution in [0.2, 0.25) is 0 Å². The highest BCUT2D eigenvalue weighted by Crippen LogP contribution is 2.16. The van der Waals surface area contributed by atoms with E-state index in [0.29, 0.717) is 12.6 Å². The van der Waals surface area contributed by atoms with Crippen LogP contribution in [0.5, 0.6) is 0 Å². The molecule has 1 aliphatic rings. The van der Waals surface area contributed by atoms with Crippen molar-refractivity contribution in [2.75, 3.05) is 31.5 Å². The molecule has 1 aromatic rings. The fourth-order valence-corrected chi connectivity index (χ4v) is 2.80. The molecule has 1 aliphatic heterocycles. The molecule has 2 N–H and O–H groups in total. The first kappa shape index (κ1) is 14.5. The van der Waals surface area contributed by atoms with Crippen LogP contribution in [0.4, 0.5) is 5.69 Å². The molecule has 19 heavy (non-hydrogen) atoms. The molecule has 0 aliphatic carbocycles. The third-order valence-corrected chi connectivity index (χ3v) is 3.91. The molecule has 1 heterocycles. The Morgan fingerprint density at radius 2 is 2.42 bits per heavy atom. The first-order valence-corrected chi connectivity index (χ1v) is 7.48. The molecule has 5 heteroatoms. The molecule has 0 bridgehead atoms. The fourth-order valence-electron chi connectivity index (χ4n) is 2.40. The zero-order chi connectivity index (χ0) is 13.7. The number of carbonyl (C=O) groups is 1. The highest BCUT2D eigenvalue weighted by atomic mass is 79.9. The highest BCUT2D eigenvalue weighted by Gasteiger charge is 2.22. The van der Waals surface area contributed by atoms with E-state index in [1.54, 1.807) is 0 Å². The minimum atomic E-state index is 0.0480. The Morgan fingerprint density at radius 3 is 3.05 bits per heavy atom. The summed E-state index contributed by atoms with van der Waals surface area (Å²) in [5.41, 5.74) is 0.833. The summed E-state index contributed by atoms with van der Waals surface area (Å²) < 4.78 is 0.970. The molecule has 1 fully saturated rings. The summed E-state index contributed by atoms with van der Waals surface area (Å²) >= 11 is 3.40. The largest absolute Gasteiger partial charge is 0.325 e. The Labute approximate surface area is 122 Å². The summed E-state index contributed by atoms with van der Waals surface area (Å²) in [6, 6.07) is 8.15. The lowest BCUT2D eigenvalue weighted by Gasteiger charge is -2.26. The van der Waals surface area contributed by atoms with E-state index >= 15 is 0 Å². The number of nitrogens with one attached hydrogen (secondary N) is 2. The summed E-state index contributed by atoms with van der Waals surface area (Å²) in [6.07, 6.45) is 1.12. The number of amides is 1. The van der Waals surface area contributed by atoms with Crippen LogP contribution in [0.15, 0.2) is 28.7 Å². The van der Waals surface area contributed by atoms with Gasteiger partial charge in [0.1, 0.15) is 0 Å². The highest BCUT2D eigenvalue weighted by molar-refractivity contribution is 9.10. The molecule has 1 saturated heterocycles. The predicted octanol–water partition coefficient (Wildman–Crippen LogP) is 2.07. The van der Waals surface area contributed by atoms with Crippen LogP contribution in [0.1, 0.15) is 13.3 Å². The summed E-state index contributed by atoms with van der Waals surface area (Å²) in [4.78, 5) is 14.3. The summed E-state index contributed by atoms with van der Waals surface area (Å²) in [5, 5.41) is 6.28. The van der Waals surface area contributed by atoms with Crippen molar-refractivity contribution < 1.29 is 4.79 Å². The zero-order valence-electron chi connectivity index (χ0n) is 11.2. The number of rotatable bonds is 5. The summed E-state index contributed by atoms with van der Waals surface area (Å²) in [5.74, 6) is 0.0480. The van der Waals surface area contributed by atoms with Crippen LogP contribution in [0, 0.1) is 0 Å². The van der Waals surface area contributed by atoms with Gasteiger partial charge in [-0.25, -0.2) is 0 Å². The van der Waals surface area contributed by atoms with Gasteiger partial charge in [-0.3, -0.25) is 9.69 Å². The van der Waals surface area contributed by atoms with E-state index < -0.39 is 0 Å². The first-order chi connectivity index (χ1) is 9.19. The maximum atomic E-state index is 12.1. The summed E-state index contributed by atoms with van der Waals surface area (Å²) in [6.45, 7) is 5.49. The Bertz CT molecular complexity index is 432. The van der Waals surface area contributed by atoms with Crippen molar-refractivity contribution >= 4 is 27.5 Å². The monoisotopic (exact) mass is 325 g/mol. The molecule has 1 atom stereocenters. The number of hydrogen-bond donors (Lipinski definition) is 2. The molecule has 4 nitrogen and oxygen atoms in total. The molecule has 1 unspecified atom stereocenters. The smallest absolute Gasteiger partial charge is 0.238 e. The number of anilines is 1. The minimum absolute atomic E-state index is 0.0480. The quantitative estimate of drug-likeness (QED) is 0.871. The Balaban J connectivity index is 1.89. The molecular weight excluding hydrogens is 306 g/mol. The number of likely N-dealkylation sites (N-methyl/N-ethyl adjacent to an activating group) is 1. The third-order valence-electron chi connectivity index (χ3n) is 3.41. The van der Waals surface area contributed by atoms with Crippen LogP contribution in [0.25, 0.3) is 0 Å². The van der Waals surface area contributed by atoms with Crippen LogP contribution in [-0.4, -0.2) is 43.0 Å². The lowest BCUT2D eigenvalue weighted by Crippen LogP contribution is -2.41. The molecule has 0 radical (unpaired) electrons. The van der Waals surface area contributed by atoms with Gasteiger partial charge in [0.25, 0.3) is 0 Å². The maximum Gasteiger partial charge on any atom is 0.238 e. The van der Waals surface area contributed by atoms with Crippen molar-refractivity contribution in [1.29, 1.82) is 0 Å². The van der Waals surface area contributed by atoms with Crippen LogP contribution < -0.4 is 10.6 Å². The Morgan fingerprint density at radius 1 is 1.58 bits per heavy atom. The van der Waals surface area contributed by atoms with Crippen molar-refractivity contribution in [2.24, 2.45) is 0 Å². The fraction of sp³-hybridized carbons (Fsp3) is 0.500. The van der Waals surface area contributed by atoms with Gasteiger partial charge in [-0.05, 0) is 37.7 Å². The first-order valence-electron chi connectivity index (χ1n) is 6.69. The van der Waals surface area contributed by atoms with E-state index in [0.717, 1.165) is 36.2 Å². The van der Waals surface area contributed by atoms with Gasteiger partial charge in [0.15, 0.2) is 0 Å².